The number of ether oxygens (including phenoxy) is 2. The van der Waals surface area contributed by atoms with Crippen LogP contribution in [-0.4, -0.2) is 44.8 Å². The summed E-state index contributed by atoms with van der Waals surface area (Å²) in [4.78, 5) is 2.37. The second-order valence-corrected chi connectivity index (χ2v) is 7.68. The molecule has 0 amide bonds. The first-order chi connectivity index (χ1) is 13.2. The summed E-state index contributed by atoms with van der Waals surface area (Å²) in [5, 5.41) is 3.64. The SMILES string of the molecule is CCN(CC)CCOc1ccc2c(c1)CCNC2c1cc(Br)ccc1OC. The Morgan fingerprint density at radius 1 is 1.11 bits per heavy atom. The molecule has 5 heteroatoms. The van der Waals surface area contributed by atoms with Gasteiger partial charge in [0.1, 0.15) is 18.1 Å². The number of halogens is 1. The fraction of sp³-hybridized carbons (Fsp3) is 0.455. The van der Waals surface area contributed by atoms with Gasteiger partial charge >= 0.3 is 0 Å². The molecule has 0 saturated heterocycles. The monoisotopic (exact) mass is 432 g/mol. The van der Waals surface area contributed by atoms with Crippen molar-refractivity contribution in [3.05, 3.63) is 57.6 Å². The van der Waals surface area contributed by atoms with Crippen molar-refractivity contribution >= 4 is 15.9 Å². The van der Waals surface area contributed by atoms with Crippen molar-refractivity contribution in [2.45, 2.75) is 26.3 Å². The van der Waals surface area contributed by atoms with Gasteiger partial charge in [-0.25, -0.2) is 0 Å². The van der Waals surface area contributed by atoms with Gasteiger partial charge in [-0.3, -0.25) is 0 Å². The van der Waals surface area contributed by atoms with Crippen molar-refractivity contribution in [2.24, 2.45) is 0 Å². The van der Waals surface area contributed by atoms with Crippen LogP contribution in [0.2, 0.25) is 0 Å². The number of fused-ring (bicyclic) bond motifs is 1. The molecule has 0 aliphatic carbocycles. The standard InChI is InChI=1S/C22H29BrN2O2/c1-4-25(5-2)12-13-27-18-7-8-19-16(14-18)10-11-24-22(19)20-15-17(23)6-9-21(20)26-3/h6-9,14-15,22,24H,4-5,10-13H2,1-3H3. The number of hydrogen-bond donors (Lipinski definition) is 1. The highest BCUT2D eigenvalue weighted by atomic mass is 79.9. The highest BCUT2D eigenvalue weighted by Gasteiger charge is 2.24. The fourth-order valence-corrected chi connectivity index (χ4v) is 4.05. The molecule has 146 valence electrons. The van der Waals surface area contributed by atoms with Crippen molar-refractivity contribution in [3.63, 3.8) is 0 Å². The fourth-order valence-electron chi connectivity index (χ4n) is 3.67. The number of rotatable bonds is 8. The van der Waals surface area contributed by atoms with E-state index in [-0.39, 0.29) is 6.04 Å². The van der Waals surface area contributed by atoms with Crippen LogP contribution in [0.15, 0.2) is 40.9 Å². The molecule has 0 bridgehead atoms. The van der Waals surface area contributed by atoms with E-state index in [1.54, 1.807) is 7.11 Å². The van der Waals surface area contributed by atoms with Crippen LogP contribution in [0.1, 0.15) is 36.6 Å². The van der Waals surface area contributed by atoms with Gasteiger partial charge in [-0.15, -0.1) is 0 Å². The Kier molecular flexibility index (Phi) is 7.16. The van der Waals surface area contributed by atoms with Crippen LogP contribution in [0, 0.1) is 0 Å². The summed E-state index contributed by atoms with van der Waals surface area (Å²) in [6, 6.07) is 12.8. The summed E-state index contributed by atoms with van der Waals surface area (Å²) in [6.45, 7) is 9.12. The van der Waals surface area contributed by atoms with E-state index in [9.17, 15) is 0 Å². The van der Waals surface area contributed by atoms with E-state index in [2.05, 4.69) is 64.3 Å². The highest BCUT2D eigenvalue weighted by Crippen LogP contribution is 2.36. The number of hydrogen-bond acceptors (Lipinski definition) is 4. The molecule has 3 rings (SSSR count). The van der Waals surface area contributed by atoms with E-state index in [1.807, 2.05) is 12.1 Å². The van der Waals surface area contributed by atoms with E-state index >= 15 is 0 Å². The van der Waals surface area contributed by atoms with E-state index in [0.29, 0.717) is 0 Å². The summed E-state index contributed by atoms with van der Waals surface area (Å²) in [7, 11) is 1.73. The van der Waals surface area contributed by atoms with E-state index in [1.165, 1.54) is 11.1 Å². The molecule has 1 unspecified atom stereocenters. The van der Waals surface area contributed by atoms with Crippen LogP contribution in [0.25, 0.3) is 0 Å². The van der Waals surface area contributed by atoms with Crippen LogP contribution >= 0.6 is 15.9 Å². The summed E-state index contributed by atoms with van der Waals surface area (Å²) < 4.78 is 12.7. The minimum Gasteiger partial charge on any atom is -0.496 e. The number of benzene rings is 2. The van der Waals surface area contributed by atoms with Gasteiger partial charge in [-0.2, -0.15) is 0 Å². The average molecular weight is 433 g/mol. The van der Waals surface area contributed by atoms with Crippen LogP contribution in [0.3, 0.4) is 0 Å². The number of nitrogens with zero attached hydrogens (tertiary/aromatic N) is 1. The zero-order valence-electron chi connectivity index (χ0n) is 16.4. The normalized spacial score (nSPS) is 16.3. The second-order valence-electron chi connectivity index (χ2n) is 6.76. The lowest BCUT2D eigenvalue weighted by Crippen LogP contribution is -2.31. The molecular weight excluding hydrogens is 404 g/mol. The average Bonchev–Trinajstić information content (AvgIpc) is 2.70. The molecule has 1 heterocycles. The lowest BCUT2D eigenvalue weighted by atomic mass is 9.89. The van der Waals surface area contributed by atoms with Crippen molar-refractivity contribution < 1.29 is 9.47 Å². The van der Waals surface area contributed by atoms with Crippen LogP contribution < -0.4 is 14.8 Å². The maximum atomic E-state index is 6.02. The third-order valence-electron chi connectivity index (χ3n) is 5.24. The predicted octanol–water partition coefficient (Wildman–Crippen LogP) is 4.41. The van der Waals surface area contributed by atoms with Crippen molar-refractivity contribution in [1.29, 1.82) is 0 Å². The Labute approximate surface area is 171 Å². The molecule has 0 fully saturated rings. The third-order valence-corrected chi connectivity index (χ3v) is 5.73. The van der Waals surface area contributed by atoms with E-state index < -0.39 is 0 Å². The summed E-state index contributed by atoms with van der Waals surface area (Å²) in [5.41, 5.74) is 3.80. The molecule has 0 spiro atoms. The molecular formula is C22H29BrN2O2. The lowest BCUT2D eigenvalue weighted by molar-refractivity contribution is 0.222. The molecule has 0 aromatic heterocycles. The number of nitrogens with one attached hydrogen (secondary N) is 1. The maximum Gasteiger partial charge on any atom is 0.124 e. The molecule has 1 aliphatic heterocycles. The molecule has 2 aromatic rings. The van der Waals surface area contributed by atoms with E-state index in [0.717, 1.165) is 60.7 Å². The van der Waals surface area contributed by atoms with Crippen LogP contribution in [0.5, 0.6) is 11.5 Å². The molecule has 4 nitrogen and oxygen atoms in total. The summed E-state index contributed by atoms with van der Waals surface area (Å²) in [5.74, 6) is 1.87. The van der Waals surface area contributed by atoms with Gasteiger partial charge in [-0.05, 0) is 61.0 Å². The van der Waals surface area contributed by atoms with Crippen LogP contribution in [-0.2, 0) is 6.42 Å². The quantitative estimate of drug-likeness (QED) is 0.669. The second kappa shape index (κ2) is 9.58. The summed E-state index contributed by atoms with van der Waals surface area (Å²) >= 11 is 3.59. The van der Waals surface area contributed by atoms with Gasteiger partial charge in [0, 0.05) is 23.1 Å². The third kappa shape index (κ3) is 4.84. The molecule has 1 aliphatic rings. The van der Waals surface area contributed by atoms with Gasteiger partial charge in [-0.1, -0.05) is 35.8 Å². The van der Waals surface area contributed by atoms with Crippen molar-refractivity contribution in [2.75, 3.05) is 39.9 Å². The Morgan fingerprint density at radius 2 is 1.93 bits per heavy atom. The Morgan fingerprint density at radius 3 is 2.67 bits per heavy atom. The minimum atomic E-state index is 0.130. The predicted molar refractivity (Wildman–Crippen MR) is 114 cm³/mol. The zero-order chi connectivity index (χ0) is 19.2. The van der Waals surface area contributed by atoms with Crippen molar-refractivity contribution in [3.8, 4) is 11.5 Å². The van der Waals surface area contributed by atoms with Gasteiger partial charge in [0.05, 0.1) is 13.2 Å². The zero-order valence-corrected chi connectivity index (χ0v) is 18.0. The lowest BCUT2D eigenvalue weighted by Gasteiger charge is -2.29. The largest absolute Gasteiger partial charge is 0.496 e. The first kappa shape index (κ1) is 20.2. The topological polar surface area (TPSA) is 33.7 Å². The van der Waals surface area contributed by atoms with Gasteiger partial charge in [0.15, 0.2) is 0 Å². The van der Waals surface area contributed by atoms with Crippen molar-refractivity contribution in [1.82, 2.24) is 10.2 Å². The molecule has 0 radical (unpaired) electrons. The molecule has 1 N–H and O–H groups in total. The Bertz CT molecular complexity index is 762. The van der Waals surface area contributed by atoms with Gasteiger partial charge in [0.25, 0.3) is 0 Å². The minimum absolute atomic E-state index is 0.130. The summed E-state index contributed by atoms with van der Waals surface area (Å²) in [6.07, 6.45) is 1.01. The van der Waals surface area contributed by atoms with E-state index in [4.69, 9.17) is 9.47 Å². The number of methoxy groups -OCH3 is 1. The van der Waals surface area contributed by atoms with Gasteiger partial charge < -0.3 is 19.7 Å². The smallest absolute Gasteiger partial charge is 0.124 e. The Hall–Kier alpha value is -1.56. The highest BCUT2D eigenvalue weighted by molar-refractivity contribution is 9.10. The van der Waals surface area contributed by atoms with Crippen LogP contribution in [0.4, 0.5) is 0 Å². The molecule has 27 heavy (non-hydrogen) atoms. The first-order valence-corrected chi connectivity index (χ1v) is 10.5. The maximum absolute atomic E-state index is 6.02. The number of likely N-dealkylation sites (N-methyl/N-ethyl adjacent to an activating group) is 1. The molecule has 1 atom stereocenters. The molecule has 0 saturated carbocycles. The molecule has 2 aromatic carbocycles. The van der Waals surface area contributed by atoms with Gasteiger partial charge in [0.2, 0.25) is 0 Å². The Balaban J connectivity index is 1.78. The first-order valence-electron chi connectivity index (χ1n) is 9.71.